The molecule has 4 rings (SSSR count). The molecule has 1 aliphatic heterocycles. The normalized spacial score (nSPS) is 13.5. The molecule has 0 saturated carbocycles. The smallest absolute Gasteiger partial charge is 0.161 e. The van der Waals surface area contributed by atoms with Crippen LogP contribution in [0, 0.1) is 0 Å². The van der Waals surface area contributed by atoms with Crippen molar-refractivity contribution in [1.29, 1.82) is 0 Å². The molecular weight excluding hydrogens is 448 g/mol. The SMILES string of the molecule is CCC.CN1CCC(c2ccc(O)c(C=O)c2)CC1.CNc1cc(-c2ccccc2)ccc1C(C)=O. The van der Waals surface area contributed by atoms with E-state index in [2.05, 4.69) is 43.2 Å². The number of nitrogens with one attached hydrogen (secondary N) is 1. The van der Waals surface area contributed by atoms with Crippen LogP contribution in [-0.4, -0.2) is 49.3 Å². The molecule has 0 amide bonds. The molecule has 3 aromatic carbocycles. The van der Waals surface area contributed by atoms with Gasteiger partial charge in [-0.15, -0.1) is 0 Å². The number of ketones is 1. The van der Waals surface area contributed by atoms with E-state index in [0.717, 1.165) is 48.3 Å². The number of hydrogen-bond acceptors (Lipinski definition) is 5. The number of Topliss-reactive ketones (excluding diaryl/α,β-unsaturated/α-hetero) is 1. The van der Waals surface area contributed by atoms with Crippen LogP contribution in [0.3, 0.4) is 0 Å². The van der Waals surface area contributed by atoms with Gasteiger partial charge in [0.15, 0.2) is 12.1 Å². The predicted octanol–water partition coefficient (Wildman–Crippen LogP) is 7.03. The van der Waals surface area contributed by atoms with Gasteiger partial charge in [0.1, 0.15) is 5.75 Å². The number of carbonyl (C=O) groups is 2. The lowest BCUT2D eigenvalue weighted by atomic mass is 9.89. The lowest BCUT2D eigenvalue weighted by molar-refractivity contribution is 0.101. The summed E-state index contributed by atoms with van der Waals surface area (Å²) in [6, 6.07) is 21.3. The number of aromatic hydroxyl groups is 1. The fourth-order valence-corrected chi connectivity index (χ4v) is 4.13. The van der Waals surface area contributed by atoms with Gasteiger partial charge in [0.25, 0.3) is 0 Å². The average Bonchev–Trinajstić information content (AvgIpc) is 2.90. The van der Waals surface area contributed by atoms with Crippen molar-refractivity contribution in [2.45, 2.75) is 46.0 Å². The van der Waals surface area contributed by atoms with E-state index >= 15 is 0 Å². The number of rotatable bonds is 5. The van der Waals surface area contributed by atoms with Crippen molar-refractivity contribution < 1.29 is 14.7 Å². The van der Waals surface area contributed by atoms with Gasteiger partial charge >= 0.3 is 0 Å². The Morgan fingerprint density at radius 1 is 1.00 bits per heavy atom. The maximum Gasteiger partial charge on any atom is 0.161 e. The summed E-state index contributed by atoms with van der Waals surface area (Å²) in [5.41, 5.74) is 5.44. The number of benzene rings is 3. The first-order valence-corrected chi connectivity index (χ1v) is 12.7. The molecule has 0 aromatic heterocycles. The molecule has 0 bridgehead atoms. The Bertz CT molecular complexity index is 1100. The molecule has 0 aliphatic carbocycles. The highest BCUT2D eigenvalue weighted by molar-refractivity contribution is 6.00. The maximum atomic E-state index is 11.4. The molecule has 0 atom stereocenters. The second-order valence-corrected chi connectivity index (χ2v) is 9.15. The number of aldehydes is 1. The van der Waals surface area contributed by atoms with E-state index < -0.39 is 0 Å². The third-order valence-corrected chi connectivity index (χ3v) is 6.14. The minimum atomic E-state index is 0.0756. The summed E-state index contributed by atoms with van der Waals surface area (Å²) in [7, 11) is 3.96. The Labute approximate surface area is 216 Å². The number of anilines is 1. The van der Waals surface area contributed by atoms with E-state index in [1.54, 1.807) is 13.0 Å². The van der Waals surface area contributed by atoms with Crippen LogP contribution in [0.1, 0.15) is 72.2 Å². The van der Waals surface area contributed by atoms with Gasteiger partial charge in [-0.2, -0.15) is 0 Å². The monoisotopic (exact) mass is 488 g/mol. The molecule has 192 valence electrons. The van der Waals surface area contributed by atoms with Crippen molar-refractivity contribution in [3.8, 4) is 16.9 Å². The number of piperidine rings is 1. The van der Waals surface area contributed by atoms with Crippen molar-refractivity contribution in [3.05, 3.63) is 83.4 Å². The highest BCUT2D eigenvalue weighted by Crippen LogP contribution is 2.30. The molecule has 36 heavy (non-hydrogen) atoms. The largest absolute Gasteiger partial charge is 0.507 e. The third kappa shape index (κ3) is 8.35. The van der Waals surface area contributed by atoms with Crippen LogP contribution in [0.25, 0.3) is 11.1 Å². The van der Waals surface area contributed by atoms with Crippen LogP contribution in [0.5, 0.6) is 5.75 Å². The number of nitrogens with zero attached hydrogens (tertiary/aromatic N) is 1. The molecule has 2 N–H and O–H groups in total. The van der Waals surface area contributed by atoms with Crippen molar-refractivity contribution >= 4 is 17.8 Å². The Morgan fingerprint density at radius 3 is 2.19 bits per heavy atom. The Balaban J connectivity index is 0.000000229. The molecule has 0 spiro atoms. The van der Waals surface area contributed by atoms with Gasteiger partial charge in [-0.3, -0.25) is 9.59 Å². The predicted molar refractivity (Wildman–Crippen MR) is 150 cm³/mol. The summed E-state index contributed by atoms with van der Waals surface area (Å²) < 4.78 is 0. The Hall–Kier alpha value is -3.44. The van der Waals surface area contributed by atoms with E-state index in [1.165, 1.54) is 12.0 Å². The highest BCUT2D eigenvalue weighted by atomic mass is 16.3. The zero-order valence-corrected chi connectivity index (χ0v) is 22.3. The molecule has 1 saturated heterocycles. The zero-order valence-electron chi connectivity index (χ0n) is 22.3. The Kier molecular flexibility index (Phi) is 11.9. The minimum Gasteiger partial charge on any atom is -0.507 e. The van der Waals surface area contributed by atoms with Gasteiger partial charge in [0, 0.05) is 18.3 Å². The molecule has 5 heteroatoms. The van der Waals surface area contributed by atoms with Crippen molar-refractivity contribution in [2.24, 2.45) is 0 Å². The molecule has 1 fully saturated rings. The first-order valence-electron chi connectivity index (χ1n) is 12.7. The standard InChI is InChI=1S/C15H15NO.C13H17NO2.C3H8/c1-11(17)14-9-8-13(10-15(14)16-2)12-6-4-3-5-7-12;1-14-6-4-10(5-7-14)11-2-3-13(16)12(8-11)9-15;1-3-2/h3-10,16H,1-2H3;2-3,8-10,16H,4-7H2,1H3;3H2,1-2H3. The number of carbonyl (C=O) groups excluding carboxylic acids is 2. The van der Waals surface area contributed by atoms with Crippen LogP contribution >= 0.6 is 0 Å². The lowest BCUT2D eigenvalue weighted by Gasteiger charge is -2.29. The fraction of sp³-hybridized carbons (Fsp3) is 0.355. The summed E-state index contributed by atoms with van der Waals surface area (Å²) >= 11 is 0. The van der Waals surface area contributed by atoms with Gasteiger partial charge in [0.05, 0.1) is 5.56 Å². The summed E-state index contributed by atoms with van der Waals surface area (Å²) in [5, 5.41) is 12.5. The van der Waals surface area contributed by atoms with E-state index in [0.29, 0.717) is 17.8 Å². The first kappa shape index (κ1) is 28.8. The van der Waals surface area contributed by atoms with E-state index in [4.69, 9.17) is 0 Å². The van der Waals surface area contributed by atoms with Crippen LogP contribution < -0.4 is 5.32 Å². The van der Waals surface area contributed by atoms with Crippen LogP contribution in [0.2, 0.25) is 0 Å². The molecule has 0 radical (unpaired) electrons. The lowest BCUT2D eigenvalue weighted by Crippen LogP contribution is -2.29. The van der Waals surface area contributed by atoms with Gasteiger partial charge in [0.2, 0.25) is 0 Å². The molecule has 1 aliphatic rings. The molecular formula is C31H40N2O3. The van der Waals surface area contributed by atoms with Crippen LogP contribution in [0.15, 0.2) is 66.7 Å². The second-order valence-electron chi connectivity index (χ2n) is 9.15. The molecule has 1 heterocycles. The van der Waals surface area contributed by atoms with Crippen LogP contribution in [0.4, 0.5) is 5.69 Å². The van der Waals surface area contributed by atoms with Gasteiger partial charge in [-0.1, -0.05) is 62.7 Å². The van der Waals surface area contributed by atoms with Crippen molar-refractivity contribution in [1.82, 2.24) is 4.90 Å². The quantitative estimate of drug-likeness (QED) is 0.298. The van der Waals surface area contributed by atoms with E-state index in [9.17, 15) is 14.7 Å². The van der Waals surface area contributed by atoms with Gasteiger partial charge in [-0.25, -0.2) is 0 Å². The minimum absolute atomic E-state index is 0.0756. The molecule has 3 aromatic rings. The summed E-state index contributed by atoms with van der Waals surface area (Å²) in [4.78, 5) is 24.5. The highest BCUT2D eigenvalue weighted by Gasteiger charge is 2.19. The second kappa shape index (κ2) is 14.8. The van der Waals surface area contributed by atoms with Gasteiger partial charge < -0.3 is 15.3 Å². The maximum absolute atomic E-state index is 11.4. The summed E-state index contributed by atoms with van der Waals surface area (Å²) in [5.74, 6) is 0.677. The molecule has 5 nitrogen and oxygen atoms in total. The number of hydrogen-bond donors (Lipinski definition) is 2. The van der Waals surface area contributed by atoms with Gasteiger partial charge in [-0.05, 0) is 86.8 Å². The fourth-order valence-electron chi connectivity index (χ4n) is 4.13. The van der Waals surface area contributed by atoms with Crippen molar-refractivity contribution in [2.75, 3.05) is 32.5 Å². The topological polar surface area (TPSA) is 69.6 Å². The molecule has 0 unspecified atom stereocenters. The van der Waals surface area contributed by atoms with E-state index in [-0.39, 0.29) is 11.5 Å². The summed E-state index contributed by atoms with van der Waals surface area (Å²) in [6.07, 6.45) is 4.22. The van der Waals surface area contributed by atoms with Crippen molar-refractivity contribution in [3.63, 3.8) is 0 Å². The summed E-state index contributed by atoms with van der Waals surface area (Å²) in [6.45, 7) is 8.03. The number of likely N-dealkylation sites (tertiary alicyclic amines) is 1. The average molecular weight is 489 g/mol. The van der Waals surface area contributed by atoms with E-state index in [1.807, 2.05) is 55.6 Å². The number of phenolic OH excluding ortho intramolecular Hbond substituents is 1. The zero-order chi connectivity index (χ0) is 26.5. The Morgan fingerprint density at radius 2 is 1.64 bits per heavy atom. The van der Waals surface area contributed by atoms with Crippen LogP contribution in [-0.2, 0) is 0 Å². The third-order valence-electron chi connectivity index (χ3n) is 6.14. The first-order chi connectivity index (χ1) is 17.3. The number of phenols is 1.